The maximum Gasteiger partial charge on any atom is 0.503 e. The number of hydrogen-bond acceptors (Lipinski definition) is 7. The summed E-state index contributed by atoms with van der Waals surface area (Å²) < 4.78 is 53.9. The van der Waals surface area contributed by atoms with Gasteiger partial charge in [-0.1, -0.05) is 159 Å². The Morgan fingerprint density at radius 1 is 0.407 bits per heavy atom. The van der Waals surface area contributed by atoms with Gasteiger partial charge in [-0.15, -0.1) is 0 Å². The average molecular weight is 904 g/mol. The summed E-state index contributed by atoms with van der Waals surface area (Å²) >= 11 is 0. The first kappa shape index (κ1) is 49.0. The van der Waals surface area contributed by atoms with Gasteiger partial charge in [-0.2, -0.15) is 0 Å². The molecular weight excluding hydrogens is 833 g/mol. The Kier molecular flexibility index (Phi) is 17.4. The topological polar surface area (TPSA) is 64.6 Å². The van der Waals surface area contributed by atoms with Gasteiger partial charge in [0, 0.05) is 0 Å². The van der Waals surface area contributed by atoms with E-state index in [-0.39, 0.29) is 0 Å². The van der Waals surface area contributed by atoms with Crippen LogP contribution in [-0.2, 0) is 30.0 Å². The molecule has 0 saturated carbocycles. The lowest BCUT2D eigenvalue weighted by Gasteiger charge is -2.52. The molecule has 0 fully saturated rings. The molecule has 2 unspecified atom stereocenters. The lowest BCUT2D eigenvalue weighted by molar-refractivity contribution is 0.0247. The second kappa shape index (κ2) is 21.0. The molecule has 2 atom stereocenters. The minimum absolute atomic E-state index is 0.318. The van der Waals surface area contributed by atoms with E-state index in [1.54, 1.807) is 0 Å². The van der Waals surface area contributed by atoms with Gasteiger partial charge in [-0.05, 0) is 99.8 Å². The molecule has 7 nitrogen and oxygen atoms in total. The van der Waals surface area contributed by atoms with E-state index < -0.39 is 62.3 Å². The summed E-state index contributed by atoms with van der Waals surface area (Å²) in [4.78, 5) is 0. The Bertz CT molecular complexity index is 1670. The van der Waals surface area contributed by atoms with Crippen molar-refractivity contribution in [2.75, 3.05) is 13.2 Å². The SMILES string of the molecule is C=C(C)COC(CC)[Si](O[Si](C)(C)c1ccccc1)(O[Si](C)(C)c1ccccc1)O[Si](O[Si](C)(C)c1ccccc1)(O[Si](C)(C)c1ccccc1)C(CC)OCC(=C)C. The molecule has 0 saturated heterocycles. The van der Waals surface area contributed by atoms with Crippen molar-refractivity contribution >= 4 is 71.6 Å². The molecule has 4 aromatic carbocycles. The first-order valence-electron chi connectivity index (χ1n) is 21.0. The van der Waals surface area contributed by atoms with E-state index in [2.05, 4.69) is 176 Å². The van der Waals surface area contributed by atoms with Crippen LogP contribution in [0.1, 0.15) is 40.5 Å². The van der Waals surface area contributed by atoms with Gasteiger partial charge in [-0.3, -0.25) is 0 Å². The first-order valence-corrected chi connectivity index (χ1v) is 36.2. The zero-order valence-electron chi connectivity index (χ0n) is 37.8. The van der Waals surface area contributed by atoms with Crippen molar-refractivity contribution in [1.29, 1.82) is 0 Å². The summed E-state index contributed by atoms with van der Waals surface area (Å²) in [7, 11) is -19.8. The van der Waals surface area contributed by atoms with Gasteiger partial charge in [0.15, 0.2) is 0 Å². The van der Waals surface area contributed by atoms with Crippen LogP contribution in [0.3, 0.4) is 0 Å². The molecule has 59 heavy (non-hydrogen) atoms. The third kappa shape index (κ3) is 13.2. The van der Waals surface area contributed by atoms with Crippen LogP contribution >= 0.6 is 0 Å². The van der Waals surface area contributed by atoms with Crippen molar-refractivity contribution in [3.63, 3.8) is 0 Å². The van der Waals surface area contributed by atoms with Crippen LogP contribution in [0.5, 0.6) is 0 Å². The lowest BCUT2D eigenvalue weighted by atomic mass is 10.4. The molecule has 0 aromatic heterocycles. The fraction of sp³-hybridized carbons (Fsp3) is 0.391. The van der Waals surface area contributed by atoms with Crippen LogP contribution in [0.2, 0.25) is 52.4 Å². The second-order valence-corrected chi connectivity index (χ2v) is 39.7. The van der Waals surface area contributed by atoms with Gasteiger partial charge < -0.3 is 30.0 Å². The number of hydrogen-bond donors (Lipinski definition) is 0. The van der Waals surface area contributed by atoms with Crippen molar-refractivity contribution in [2.45, 2.75) is 104 Å². The van der Waals surface area contributed by atoms with Crippen LogP contribution in [-0.4, -0.2) is 75.5 Å². The number of benzene rings is 4. The summed E-state index contributed by atoms with van der Waals surface area (Å²) in [5, 5.41) is 4.48. The van der Waals surface area contributed by atoms with Gasteiger partial charge in [-0.25, -0.2) is 0 Å². The van der Waals surface area contributed by atoms with Gasteiger partial charge in [0.2, 0.25) is 33.3 Å². The zero-order valence-corrected chi connectivity index (χ0v) is 43.8. The van der Waals surface area contributed by atoms with Gasteiger partial charge in [0.1, 0.15) is 11.5 Å². The maximum atomic E-state index is 8.24. The highest BCUT2D eigenvalue weighted by atomic mass is 28.5. The molecule has 0 aliphatic heterocycles. The van der Waals surface area contributed by atoms with Crippen LogP contribution < -0.4 is 20.7 Å². The van der Waals surface area contributed by atoms with Crippen LogP contribution in [0.4, 0.5) is 0 Å². The van der Waals surface area contributed by atoms with E-state index in [0.29, 0.717) is 26.1 Å². The molecule has 0 radical (unpaired) electrons. The smallest absolute Gasteiger partial charge is 0.411 e. The van der Waals surface area contributed by atoms with Gasteiger partial charge >= 0.3 is 17.6 Å². The van der Waals surface area contributed by atoms with Crippen molar-refractivity contribution in [3.05, 3.63) is 146 Å². The summed E-state index contributed by atoms with van der Waals surface area (Å²) in [5.41, 5.74) is 0.609. The fourth-order valence-corrected chi connectivity index (χ4v) is 34.0. The standard InChI is InChI=1S/C46H70O7Si6/c1-15-45(47-37-39(3)4)58(49-54(7,8)41-29-21-17-22-30-41,50-55(9,10)42-31-23-18-24-32-42)53-59(46(16-2)48-38-40(5)6,51-56(11,12)43-33-25-19-26-34-43)52-57(13,14)44-35-27-20-28-36-44/h17-36,45-46H,3,5,15-16,37-38H2,1-2,4,6-14H3. The van der Waals surface area contributed by atoms with E-state index >= 15 is 0 Å². The Labute approximate surface area is 363 Å². The average Bonchev–Trinajstić information content (AvgIpc) is 3.18. The van der Waals surface area contributed by atoms with E-state index in [4.69, 9.17) is 30.0 Å². The Morgan fingerprint density at radius 3 is 0.814 bits per heavy atom. The van der Waals surface area contributed by atoms with Crippen molar-refractivity contribution in [3.8, 4) is 0 Å². The lowest BCUT2D eigenvalue weighted by Crippen LogP contribution is -2.78. The van der Waals surface area contributed by atoms with Crippen LogP contribution in [0.15, 0.2) is 146 Å². The Morgan fingerprint density at radius 2 is 0.627 bits per heavy atom. The highest BCUT2D eigenvalue weighted by molar-refractivity contribution is 7.00. The summed E-state index contributed by atoms with van der Waals surface area (Å²) in [6, 6.07) is 42.0. The summed E-state index contributed by atoms with van der Waals surface area (Å²) in [6.45, 7) is 35.1. The predicted molar refractivity (Wildman–Crippen MR) is 261 cm³/mol. The zero-order chi connectivity index (χ0) is 43.5. The molecule has 0 aliphatic carbocycles. The summed E-state index contributed by atoms with van der Waals surface area (Å²) in [6.07, 6.45) is 1.12. The number of rotatable bonds is 24. The van der Waals surface area contributed by atoms with E-state index in [0.717, 1.165) is 31.9 Å². The number of ether oxygens (including phenoxy) is 2. The van der Waals surface area contributed by atoms with E-state index in [1.807, 2.05) is 38.1 Å². The highest BCUT2D eigenvalue weighted by Gasteiger charge is 2.67. The molecule has 0 aliphatic rings. The third-order valence-corrected chi connectivity index (χ3v) is 35.0. The van der Waals surface area contributed by atoms with Crippen LogP contribution in [0.25, 0.3) is 0 Å². The summed E-state index contributed by atoms with van der Waals surface area (Å²) in [5.74, 6) is 0. The minimum atomic E-state index is -4.19. The molecule has 320 valence electrons. The molecular formula is C46H70O7Si6. The predicted octanol–water partition coefficient (Wildman–Crippen LogP) is 9.22. The van der Waals surface area contributed by atoms with Crippen molar-refractivity contribution in [1.82, 2.24) is 0 Å². The monoisotopic (exact) mass is 902 g/mol. The Hall–Kier alpha value is -2.62. The van der Waals surface area contributed by atoms with E-state index in [1.165, 1.54) is 0 Å². The Balaban J connectivity index is 2.17. The van der Waals surface area contributed by atoms with Crippen molar-refractivity contribution in [2.24, 2.45) is 0 Å². The minimum Gasteiger partial charge on any atom is -0.411 e. The molecule has 0 bridgehead atoms. The first-order chi connectivity index (χ1) is 27.7. The molecule has 0 N–H and O–H groups in total. The maximum absolute atomic E-state index is 8.24. The largest absolute Gasteiger partial charge is 0.503 e. The van der Waals surface area contributed by atoms with Gasteiger partial charge in [0.05, 0.1) is 13.2 Å². The molecule has 0 amide bonds. The molecule has 13 heteroatoms. The molecule has 0 spiro atoms. The second-order valence-electron chi connectivity index (χ2n) is 17.6. The highest BCUT2D eigenvalue weighted by Crippen LogP contribution is 2.37. The third-order valence-electron chi connectivity index (χ3n) is 10.3. The quantitative estimate of drug-likeness (QED) is 0.0514. The normalized spacial score (nSPS) is 14.2. The van der Waals surface area contributed by atoms with E-state index in [9.17, 15) is 0 Å². The molecule has 0 heterocycles. The van der Waals surface area contributed by atoms with Gasteiger partial charge in [0.25, 0.3) is 0 Å². The van der Waals surface area contributed by atoms with Crippen molar-refractivity contribution < 1.29 is 30.0 Å². The van der Waals surface area contributed by atoms with Crippen LogP contribution in [0, 0.1) is 0 Å². The molecule has 4 aromatic rings. The molecule has 4 rings (SSSR count). The fourth-order valence-electron chi connectivity index (χ4n) is 7.16.